The summed E-state index contributed by atoms with van der Waals surface area (Å²) in [5.41, 5.74) is 4.00. The number of benzene rings is 2. The van der Waals surface area contributed by atoms with Crippen LogP contribution in [0.15, 0.2) is 109 Å². The molecule has 38 atom stereocenters. The highest BCUT2D eigenvalue weighted by Gasteiger charge is 2.71. The van der Waals surface area contributed by atoms with Gasteiger partial charge in [0.05, 0.1) is 115 Å². The predicted molar refractivity (Wildman–Crippen MR) is 523 cm³/mol. The number of ether oxygens (including phenoxy) is 16. The van der Waals surface area contributed by atoms with E-state index in [1.165, 1.54) is 0 Å². The second-order valence-electron chi connectivity index (χ2n) is 47.8. The maximum atomic E-state index is 14.5. The average molecular weight is 1980 g/mol. The van der Waals surface area contributed by atoms with Gasteiger partial charge in [-0.1, -0.05) is 146 Å². The maximum absolute atomic E-state index is 14.5. The molecule has 0 amide bonds. The lowest BCUT2D eigenvalue weighted by Gasteiger charge is -2.47. The van der Waals surface area contributed by atoms with Gasteiger partial charge in [0.25, 0.3) is 10.1 Å². The van der Waals surface area contributed by atoms with Crippen molar-refractivity contribution in [3.8, 4) is 0 Å². The van der Waals surface area contributed by atoms with Crippen molar-refractivity contribution in [1.82, 2.24) is 0 Å². The van der Waals surface area contributed by atoms with E-state index in [9.17, 15) is 32.7 Å². The molecule has 20 bridgehead atoms. The van der Waals surface area contributed by atoms with E-state index in [2.05, 4.69) is 136 Å². The van der Waals surface area contributed by atoms with Crippen LogP contribution in [0.25, 0.3) is 0 Å². The summed E-state index contributed by atoms with van der Waals surface area (Å²) in [6.45, 7) is 55.3. The van der Waals surface area contributed by atoms with E-state index in [1.807, 2.05) is 24.3 Å². The van der Waals surface area contributed by atoms with Crippen LogP contribution in [0.1, 0.15) is 271 Å². The zero-order valence-corrected chi connectivity index (χ0v) is 88.1. The molecule has 0 saturated carbocycles. The lowest BCUT2D eigenvalue weighted by atomic mass is 9.78. The fourth-order valence-electron chi connectivity index (χ4n) is 25.0. The SMILES string of the molecule is C=C1C2C[C@@H]3O[C@H](C[C@H](C)CO[Si](C)(C)C(C)(C)C)[C@H](C)[C@H]3CC(=O)CC3CC[C@@H]4O[C@@H]5[C@H]6O[C@@H]7C[C@](CC[C@H](OC(=O)c8ccccc8)CC(=C)[C@H](O)CC[C@@H](C[C@H]1C)O2)(O[C@H]6[C@H]4O3)O[C@H]57.C=C1C2C[C@@H]3O[C@H](C[C@H](C)CO[Si](C)(C)C(C)(C)C)[C@H](C)[C@H]3CC(=O)CC3CC[C@@H]4O[C@@H]5[C@H]6O[C@@H]7C[C@](CC[C@H](OC(=O)c8ccccc8)CC(=C)[C@H](OS(C)(=O)=O)CC[C@@H](C[C@H]1C)O2)(O[C@H]6[C@H]4O3)O[C@H]57. The second-order valence-corrected chi connectivity index (χ2v) is 59.1. The molecule has 29 heteroatoms. The first-order valence-corrected chi connectivity index (χ1v) is 60.2. The molecule has 0 aromatic heterocycles. The highest BCUT2D eigenvalue weighted by atomic mass is 32.2. The summed E-state index contributed by atoms with van der Waals surface area (Å²) in [4.78, 5) is 56.3. The summed E-state index contributed by atoms with van der Waals surface area (Å²) >= 11 is 0. The second kappa shape index (κ2) is 42.3. The summed E-state index contributed by atoms with van der Waals surface area (Å²) in [6, 6.07) is 17.8. The van der Waals surface area contributed by atoms with E-state index < -0.39 is 105 Å². The van der Waals surface area contributed by atoms with E-state index in [0.717, 1.165) is 49.5 Å². The van der Waals surface area contributed by atoms with Crippen molar-refractivity contribution in [2.75, 3.05) is 19.5 Å². The quantitative estimate of drug-likeness (QED) is 0.0706. The normalized spacial score (nSPS) is 42.4. The van der Waals surface area contributed by atoms with Crippen molar-refractivity contribution in [3.63, 3.8) is 0 Å². The molecule has 768 valence electrons. The lowest BCUT2D eigenvalue weighted by molar-refractivity contribution is -0.292. The third kappa shape index (κ3) is 23.5. The number of hydrogen-bond acceptors (Lipinski definition) is 26. The lowest BCUT2D eigenvalue weighted by Crippen LogP contribution is -2.61. The molecular weight excluding hydrogens is 1810 g/mol. The number of Topliss-reactive ketones (excluding diaryl/α,β-unsaturated/α-hetero) is 2. The predicted octanol–water partition coefficient (Wildman–Crippen LogP) is 18.4. The minimum Gasteiger partial charge on any atom is -0.458 e. The van der Waals surface area contributed by atoms with Crippen molar-refractivity contribution in [2.45, 2.75) is 469 Å². The van der Waals surface area contributed by atoms with Gasteiger partial charge in [0, 0.05) is 90.3 Å². The van der Waals surface area contributed by atoms with Crippen LogP contribution in [-0.4, -0.2) is 256 Å². The minimum absolute atomic E-state index is 0.00159. The number of carbonyl (C=O) groups is 4. The summed E-state index contributed by atoms with van der Waals surface area (Å²) in [5.74, 6) is -1.62. The Morgan fingerprint density at radius 2 is 0.833 bits per heavy atom. The maximum Gasteiger partial charge on any atom is 0.338 e. The van der Waals surface area contributed by atoms with E-state index in [4.69, 9.17) is 88.8 Å². The van der Waals surface area contributed by atoms with Gasteiger partial charge in [-0.2, -0.15) is 8.42 Å². The third-order valence-electron chi connectivity index (χ3n) is 35.3. The molecule has 0 radical (unpaired) electrons. The Morgan fingerprint density at radius 1 is 0.449 bits per heavy atom. The van der Waals surface area contributed by atoms with Gasteiger partial charge < -0.3 is 89.7 Å². The highest BCUT2D eigenvalue weighted by Crippen LogP contribution is 2.58. The molecule has 18 fully saturated rings. The molecule has 18 aliphatic rings. The van der Waals surface area contributed by atoms with Gasteiger partial charge >= 0.3 is 11.9 Å². The van der Waals surface area contributed by atoms with Crippen molar-refractivity contribution in [3.05, 3.63) is 120 Å². The summed E-state index contributed by atoms with van der Waals surface area (Å²) in [7, 11) is -7.81. The van der Waals surface area contributed by atoms with Crippen LogP contribution in [0.4, 0.5) is 0 Å². The zero-order chi connectivity index (χ0) is 98.4. The largest absolute Gasteiger partial charge is 0.458 e. The van der Waals surface area contributed by atoms with Crippen LogP contribution < -0.4 is 0 Å². The number of ketones is 2. The standard InChI is InChI=1S/C55H82O14SSi.C54H80O12Si/c1-31(30-60-71(10,11)54(6,7)8)23-44-35(5)41-27-37(56)26-39-18-20-43-48(62-39)52-51-50(65-43)49-47(66-51)29-55(67-49,68-52)22-21-40(63-53(57)36-15-13-12-14-16-36)25-33(3)42(69-70(9,58)59)19-17-38-24-32(2)34(4)45(61-38)28-46(41)64-44;1-30(29-58-67(9,10)53(6,7)8)22-43-34(5)40-26-36(55)25-38-17-19-42-47(60-38)51-50-49(63-42)48-46(64-50)28-54(65-48,66-51)21-20-39(61-52(57)35-14-12-11-13-15-35)24-32(3)41(56)18-16-37-23-31(2)33(4)44(59-37)27-45(40)62-43/h12-16,31-32,35,38-52H,3-4,17-30H2,1-2,5-11H3;11-15,30-31,34,37-51,56H,3-4,16-29H2,1-2,5-10H3/t31-,32+,35+,38-,39?,40-,41+,42+,43-,44+,45?,46-,47+,48-,49-,50-,51+,52-,55-;30-,31+,34+,37-,38?,39-,40+,41+,42-,43+,44?,45-,46+,47-,48-,49-,50+,51-,54-/m00/s1. The van der Waals surface area contributed by atoms with Crippen LogP contribution in [0.2, 0.25) is 36.3 Å². The Hall–Kier alpha value is -4.66. The first-order chi connectivity index (χ1) is 65.2. The van der Waals surface area contributed by atoms with Crippen molar-refractivity contribution >= 4 is 50.3 Å². The van der Waals surface area contributed by atoms with Crippen molar-refractivity contribution in [1.29, 1.82) is 0 Å². The molecule has 2 aromatic rings. The van der Waals surface area contributed by atoms with E-state index in [-0.39, 0.29) is 204 Å². The van der Waals surface area contributed by atoms with Crippen LogP contribution >= 0.6 is 0 Å². The van der Waals surface area contributed by atoms with Crippen LogP contribution in [0.5, 0.6) is 0 Å². The van der Waals surface area contributed by atoms with Gasteiger partial charge in [-0.25, -0.2) is 9.59 Å². The monoisotopic (exact) mass is 1980 g/mol. The number of fused-ring (bicyclic) bond motifs is 8. The van der Waals surface area contributed by atoms with Crippen molar-refractivity contribution < 1.29 is 122 Å². The minimum atomic E-state index is -3.93. The summed E-state index contributed by atoms with van der Waals surface area (Å²) < 4.78 is 154. The molecular formula is C109H162O26SSi2. The molecule has 2 aromatic carbocycles. The van der Waals surface area contributed by atoms with Gasteiger partial charge in [-0.3, -0.25) is 13.8 Å². The Bertz CT molecular complexity index is 4750. The smallest absolute Gasteiger partial charge is 0.338 e. The number of aliphatic hydroxyl groups excluding tert-OH is 1. The van der Waals surface area contributed by atoms with E-state index in [0.29, 0.717) is 151 Å². The van der Waals surface area contributed by atoms with Gasteiger partial charge in [-0.05, 0) is 220 Å². The fourth-order valence-corrected chi connectivity index (χ4v) is 27.9. The first-order valence-electron chi connectivity index (χ1n) is 52.6. The third-order valence-corrected chi connectivity index (χ3v) is 44.9. The number of rotatable bonds is 16. The van der Waals surface area contributed by atoms with Gasteiger partial charge in [0.15, 0.2) is 28.2 Å². The Kier molecular flexibility index (Phi) is 32.1. The number of hydrogen-bond donors (Lipinski definition) is 1. The zero-order valence-electron chi connectivity index (χ0n) is 85.2. The van der Waals surface area contributed by atoms with E-state index >= 15 is 0 Å². The molecule has 0 aliphatic carbocycles. The number of carbonyl (C=O) groups excluding carboxylic acids is 4. The Balaban J connectivity index is 0.000000191. The summed E-state index contributed by atoms with van der Waals surface area (Å²) in [6.07, 6.45) is 4.51. The molecule has 18 aliphatic heterocycles. The molecule has 138 heavy (non-hydrogen) atoms. The molecule has 1 N–H and O–H groups in total. The molecule has 20 rings (SSSR count). The first kappa shape index (κ1) is 105. The van der Waals surface area contributed by atoms with Gasteiger partial charge in [0.1, 0.15) is 84.8 Å². The summed E-state index contributed by atoms with van der Waals surface area (Å²) in [5, 5.41) is 11.9. The number of aliphatic hydroxyl groups is 1. The molecule has 4 unspecified atom stereocenters. The van der Waals surface area contributed by atoms with E-state index in [1.54, 1.807) is 36.4 Å². The number of esters is 2. The Labute approximate surface area is 822 Å². The van der Waals surface area contributed by atoms with Crippen LogP contribution in [-0.2, 0) is 109 Å². The fraction of sp³-hybridized carbons (Fsp3) is 0.780. The topological polar surface area (TPSA) is 298 Å². The van der Waals surface area contributed by atoms with Gasteiger partial charge in [-0.15, -0.1) is 0 Å². The molecule has 18 heterocycles. The molecule has 18 saturated heterocycles. The molecule has 2 spiro atoms. The molecule has 26 nitrogen and oxygen atoms in total. The van der Waals surface area contributed by atoms with Crippen molar-refractivity contribution in [2.24, 2.45) is 47.3 Å². The average Bonchev–Trinajstić information content (AvgIpc) is 1.55. The Morgan fingerprint density at radius 3 is 1.25 bits per heavy atom. The van der Waals surface area contributed by atoms with Crippen LogP contribution in [0.3, 0.4) is 0 Å². The van der Waals surface area contributed by atoms with Crippen LogP contribution in [0, 0.1) is 47.3 Å². The van der Waals surface area contributed by atoms with Gasteiger partial charge in [0.2, 0.25) is 0 Å². The highest BCUT2D eigenvalue weighted by molar-refractivity contribution is 7.86.